The van der Waals surface area contributed by atoms with E-state index >= 15 is 0 Å². The molecule has 1 aromatic carbocycles. The number of nitrogens with zero attached hydrogens (tertiary/aromatic N) is 1. The molecular weight excluding hydrogens is 240 g/mol. The van der Waals surface area contributed by atoms with Gasteiger partial charge >= 0.3 is 0 Å². The van der Waals surface area contributed by atoms with Crippen molar-refractivity contribution in [3.8, 4) is 0 Å². The zero-order valence-electron chi connectivity index (χ0n) is 11.6. The third kappa shape index (κ3) is 3.33. The lowest BCUT2D eigenvalue weighted by Gasteiger charge is -2.21. The number of carbonyl (C=O) groups excluding carboxylic acids is 1. The van der Waals surface area contributed by atoms with Crippen molar-refractivity contribution in [3.63, 3.8) is 0 Å². The SMILES string of the molecule is CC1CC(C(=O)N(C)Cc2ccccc2CN)CO1. The Hall–Kier alpha value is -1.39. The Kier molecular flexibility index (Phi) is 4.56. The van der Waals surface area contributed by atoms with E-state index in [1.165, 1.54) is 0 Å². The van der Waals surface area contributed by atoms with Gasteiger partial charge in [0.05, 0.1) is 18.6 Å². The van der Waals surface area contributed by atoms with Crippen LogP contribution >= 0.6 is 0 Å². The van der Waals surface area contributed by atoms with E-state index in [1.54, 1.807) is 4.90 Å². The third-order valence-corrected chi connectivity index (χ3v) is 3.67. The maximum Gasteiger partial charge on any atom is 0.228 e. The van der Waals surface area contributed by atoms with Gasteiger partial charge in [-0.05, 0) is 24.5 Å². The standard InChI is InChI=1S/C15H22N2O2/c1-11-7-14(10-19-11)15(18)17(2)9-13-6-4-3-5-12(13)8-16/h3-6,11,14H,7-10,16H2,1-2H3. The summed E-state index contributed by atoms with van der Waals surface area (Å²) in [5.41, 5.74) is 7.93. The highest BCUT2D eigenvalue weighted by Crippen LogP contribution is 2.22. The van der Waals surface area contributed by atoms with Gasteiger partial charge in [-0.1, -0.05) is 24.3 Å². The van der Waals surface area contributed by atoms with Crippen LogP contribution in [0.5, 0.6) is 0 Å². The van der Waals surface area contributed by atoms with Gasteiger partial charge in [-0.25, -0.2) is 0 Å². The smallest absolute Gasteiger partial charge is 0.228 e. The monoisotopic (exact) mass is 262 g/mol. The first-order valence-corrected chi connectivity index (χ1v) is 6.75. The predicted octanol–water partition coefficient (Wildman–Crippen LogP) is 1.53. The molecule has 1 fully saturated rings. The fraction of sp³-hybridized carbons (Fsp3) is 0.533. The second kappa shape index (κ2) is 6.17. The van der Waals surface area contributed by atoms with Gasteiger partial charge in [0.2, 0.25) is 5.91 Å². The Bertz CT molecular complexity index is 448. The molecule has 4 heteroatoms. The summed E-state index contributed by atoms with van der Waals surface area (Å²) in [6.45, 7) is 3.67. The summed E-state index contributed by atoms with van der Waals surface area (Å²) in [4.78, 5) is 14.1. The maximum atomic E-state index is 12.3. The molecule has 0 saturated carbocycles. The minimum absolute atomic E-state index is 0.00467. The second-order valence-corrected chi connectivity index (χ2v) is 5.24. The summed E-state index contributed by atoms with van der Waals surface area (Å²) in [5, 5.41) is 0. The summed E-state index contributed by atoms with van der Waals surface area (Å²) in [7, 11) is 1.85. The van der Waals surface area contributed by atoms with E-state index in [0.29, 0.717) is 19.7 Å². The van der Waals surface area contributed by atoms with Crippen molar-refractivity contribution in [1.82, 2.24) is 4.90 Å². The van der Waals surface area contributed by atoms with Crippen molar-refractivity contribution >= 4 is 5.91 Å². The molecule has 19 heavy (non-hydrogen) atoms. The van der Waals surface area contributed by atoms with Gasteiger partial charge in [-0.15, -0.1) is 0 Å². The van der Waals surface area contributed by atoms with Crippen LogP contribution in [-0.4, -0.2) is 30.6 Å². The predicted molar refractivity (Wildman–Crippen MR) is 74.3 cm³/mol. The Balaban J connectivity index is 2.00. The zero-order valence-corrected chi connectivity index (χ0v) is 11.6. The normalized spacial score (nSPS) is 22.5. The molecule has 2 N–H and O–H groups in total. The van der Waals surface area contributed by atoms with Crippen molar-refractivity contribution < 1.29 is 9.53 Å². The van der Waals surface area contributed by atoms with E-state index in [0.717, 1.165) is 17.5 Å². The quantitative estimate of drug-likeness (QED) is 0.895. The summed E-state index contributed by atoms with van der Waals surface area (Å²) in [6, 6.07) is 7.99. The molecule has 1 amide bonds. The average Bonchev–Trinajstić information content (AvgIpc) is 2.85. The first-order chi connectivity index (χ1) is 9.11. The molecule has 0 spiro atoms. The molecular formula is C15H22N2O2. The Labute approximate surface area is 114 Å². The molecule has 1 aromatic rings. The molecule has 1 heterocycles. The van der Waals surface area contributed by atoms with E-state index in [1.807, 2.05) is 38.2 Å². The molecule has 1 saturated heterocycles. The van der Waals surface area contributed by atoms with Crippen LogP contribution in [0.4, 0.5) is 0 Å². The number of carbonyl (C=O) groups is 1. The average molecular weight is 262 g/mol. The van der Waals surface area contributed by atoms with E-state index in [4.69, 9.17) is 10.5 Å². The van der Waals surface area contributed by atoms with Gasteiger partial charge < -0.3 is 15.4 Å². The number of rotatable bonds is 4. The molecule has 2 rings (SSSR count). The molecule has 0 aromatic heterocycles. The highest BCUT2D eigenvalue weighted by molar-refractivity contribution is 5.79. The first kappa shape index (κ1) is 14.0. The van der Waals surface area contributed by atoms with Crippen molar-refractivity contribution in [3.05, 3.63) is 35.4 Å². The number of benzene rings is 1. The van der Waals surface area contributed by atoms with Gasteiger partial charge in [0.1, 0.15) is 0 Å². The van der Waals surface area contributed by atoms with Crippen LogP contribution in [0.2, 0.25) is 0 Å². The Morgan fingerprint density at radius 3 is 2.68 bits per heavy atom. The van der Waals surface area contributed by atoms with Crippen LogP contribution < -0.4 is 5.73 Å². The fourth-order valence-electron chi connectivity index (χ4n) is 2.55. The number of ether oxygens (including phenoxy) is 1. The maximum absolute atomic E-state index is 12.3. The minimum Gasteiger partial charge on any atom is -0.378 e. The molecule has 2 unspecified atom stereocenters. The number of hydrogen-bond acceptors (Lipinski definition) is 3. The van der Waals surface area contributed by atoms with Gasteiger partial charge in [0.25, 0.3) is 0 Å². The van der Waals surface area contributed by atoms with Crippen LogP contribution in [0.25, 0.3) is 0 Å². The molecule has 0 radical (unpaired) electrons. The lowest BCUT2D eigenvalue weighted by atomic mass is 10.0. The van der Waals surface area contributed by atoms with Gasteiger partial charge in [0.15, 0.2) is 0 Å². The summed E-state index contributed by atoms with van der Waals surface area (Å²) in [5.74, 6) is 0.168. The van der Waals surface area contributed by atoms with Crippen LogP contribution in [0.3, 0.4) is 0 Å². The summed E-state index contributed by atoms with van der Waals surface area (Å²) >= 11 is 0. The molecule has 0 bridgehead atoms. The summed E-state index contributed by atoms with van der Waals surface area (Å²) < 4.78 is 5.46. The molecule has 2 atom stereocenters. The molecule has 1 aliphatic rings. The molecule has 104 valence electrons. The number of nitrogens with two attached hydrogens (primary N) is 1. The van der Waals surface area contributed by atoms with Crippen molar-refractivity contribution in [1.29, 1.82) is 0 Å². The first-order valence-electron chi connectivity index (χ1n) is 6.75. The van der Waals surface area contributed by atoms with Crippen molar-refractivity contribution in [2.75, 3.05) is 13.7 Å². The number of amides is 1. The minimum atomic E-state index is 0.00467. The summed E-state index contributed by atoms with van der Waals surface area (Å²) in [6.07, 6.45) is 1.01. The second-order valence-electron chi connectivity index (χ2n) is 5.24. The van der Waals surface area contributed by atoms with E-state index in [9.17, 15) is 4.79 Å². The highest BCUT2D eigenvalue weighted by Gasteiger charge is 2.30. The van der Waals surface area contributed by atoms with Crippen LogP contribution in [0, 0.1) is 5.92 Å². The molecule has 1 aliphatic heterocycles. The van der Waals surface area contributed by atoms with Crippen LogP contribution in [0.1, 0.15) is 24.5 Å². The van der Waals surface area contributed by atoms with Gasteiger partial charge in [-0.3, -0.25) is 4.79 Å². The molecule has 0 aliphatic carbocycles. The van der Waals surface area contributed by atoms with Crippen LogP contribution in [0.15, 0.2) is 24.3 Å². The van der Waals surface area contributed by atoms with E-state index in [2.05, 4.69) is 0 Å². The van der Waals surface area contributed by atoms with E-state index < -0.39 is 0 Å². The third-order valence-electron chi connectivity index (χ3n) is 3.67. The zero-order chi connectivity index (χ0) is 13.8. The molecule has 4 nitrogen and oxygen atoms in total. The Morgan fingerprint density at radius 1 is 1.42 bits per heavy atom. The van der Waals surface area contributed by atoms with Crippen LogP contribution in [-0.2, 0) is 22.6 Å². The lowest BCUT2D eigenvalue weighted by molar-refractivity contribution is -0.134. The lowest BCUT2D eigenvalue weighted by Crippen LogP contribution is -2.33. The number of hydrogen-bond donors (Lipinski definition) is 1. The van der Waals surface area contributed by atoms with Crippen molar-refractivity contribution in [2.45, 2.75) is 32.5 Å². The van der Waals surface area contributed by atoms with Crippen molar-refractivity contribution in [2.24, 2.45) is 11.7 Å². The fourth-order valence-corrected chi connectivity index (χ4v) is 2.55. The highest BCUT2D eigenvalue weighted by atomic mass is 16.5. The topological polar surface area (TPSA) is 55.6 Å². The van der Waals surface area contributed by atoms with Gasteiger partial charge in [0, 0.05) is 20.1 Å². The van der Waals surface area contributed by atoms with Gasteiger partial charge in [-0.2, -0.15) is 0 Å². The van der Waals surface area contributed by atoms with E-state index in [-0.39, 0.29) is 17.9 Å². The Morgan fingerprint density at radius 2 is 2.11 bits per heavy atom. The largest absolute Gasteiger partial charge is 0.378 e.